The smallest absolute Gasteiger partial charge is 0.321 e. The zero-order chi connectivity index (χ0) is 16.3. The second-order valence-corrected chi connectivity index (χ2v) is 7.54. The lowest BCUT2D eigenvalue weighted by Gasteiger charge is -2.22. The van der Waals surface area contributed by atoms with Crippen LogP contribution < -0.4 is 10.6 Å². The van der Waals surface area contributed by atoms with E-state index < -0.39 is 23.3 Å². The van der Waals surface area contributed by atoms with Crippen molar-refractivity contribution >= 4 is 17.9 Å². The molecule has 1 saturated carbocycles. The van der Waals surface area contributed by atoms with Crippen molar-refractivity contribution in [3.8, 4) is 0 Å². The second kappa shape index (κ2) is 6.45. The summed E-state index contributed by atoms with van der Waals surface area (Å²) in [5.74, 6) is -1.40. The number of hydrogen-bond acceptors (Lipinski definition) is 3. The van der Waals surface area contributed by atoms with Gasteiger partial charge in [-0.3, -0.25) is 14.9 Å². The van der Waals surface area contributed by atoms with E-state index in [4.69, 9.17) is 5.11 Å². The van der Waals surface area contributed by atoms with Crippen molar-refractivity contribution in [2.45, 2.75) is 65.8 Å². The van der Waals surface area contributed by atoms with Gasteiger partial charge in [0.05, 0.1) is 6.42 Å². The molecule has 0 aromatic rings. The van der Waals surface area contributed by atoms with Gasteiger partial charge in [-0.25, -0.2) is 4.79 Å². The molecule has 1 aliphatic rings. The molecule has 6 nitrogen and oxygen atoms in total. The Bertz CT molecular complexity index is 429. The van der Waals surface area contributed by atoms with Gasteiger partial charge >= 0.3 is 12.0 Å². The second-order valence-electron chi connectivity index (χ2n) is 7.54. The fraction of sp³-hybridized carbons (Fsp3) is 0.800. The number of imide groups is 1. The quantitative estimate of drug-likeness (QED) is 0.725. The minimum Gasteiger partial charge on any atom is -0.481 e. The fourth-order valence-electron chi connectivity index (χ4n) is 2.86. The van der Waals surface area contributed by atoms with Gasteiger partial charge in [-0.1, -0.05) is 27.7 Å². The van der Waals surface area contributed by atoms with E-state index in [0.717, 1.165) is 19.3 Å². The first-order chi connectivity index (χ1) is 9.49. The number of carboxylic acids is 1. The topological polar surface area (TPSA) is 95.5 Å². The first-order valence-electron chi connectivity index (χ1n) is 7.31. The lowest BCUT2D eigenvalue weighted by atomic mass is 9.85. The van der Waals surface area contributed by atoms with E-state index in [-0.39, 0.29) is 24.3 Å². The van der Waals surface area contributed by atoms with Gasteiger partial charge in [0.15, 0.2) is 0 Å². The molecule has 0 radical (unpaired) electrons. The van der Waals surface area contributed by atoms with Gasteiger partial charge in [0.2, 0.25) is 5.91 Å². The Morgan fingerprint density at radius 1 is 1.24 bits per heavy atom. The summed E-state index contributed by atoms with van der Waals surface area (Å²) in [5, 5.41) is 13.9. The number of carboxylic acid groups (broad SMARTS) is 1. The zero-order valence-corrected chi connectivity index (χ0v) is 13.3. The van der Waals surface area contributed by atoms with Crippen LogP contribution in [0.4, 0.5) is 4.79 Å². The molecular formula is C15H26N2O4. The van der Waals surface area contributed by atoms with E-state index in [2.05, 4.69) is 24.5 Å². The minimum atomic E-state index is -0.953. The summed E-state index contributed by atoms with van der Waals surface area (Å²) in [6.45, 7) is 7.70. The summed E-state index contributed by atoms with van der Waals surface area (Å²) in [7, 11) is 0. The van der Waals surface area contributed by atoms with Crippen LogP contribution in [-0.2, 0) is 9.59 Å². The number of nitrogens with one attached hydrogen (secondary N) is 2. The maximum absolute atomic E-state index is 11.8. The van der Waals surface area contributed by atoms with Gasteiger partial charge in [0.25, 0.3) is 0 Å². The molecule has 3 N–H and O–H groups in total. The van der Waals surface area contributed by atoms with Gasteiger partial charge in [-0.15, -0.1) is 0 Å². The van der Waals surface area contributed by atoms with Gasteiger partial charge in [-0.05, 0) is 30.1 Å². The molecule has 1 rings (SSSR count). The molecule has 21 heavy (non-hydrogen) atoms. The van der Waals surface area contributed by atoms with Crippen LogP contribution in [0, 0.1) is 10.8 Å². The molecule has 0 heterocycles. The standard InChI is InChI=1S/C15H26N2O4/c1-14(2)6-5-10(7-14)16-13(21)17-11(18)8-15(3,4)9-12(19)20/h10H,5-9H2,1-4H3,(H,19,20)(H2,16,17,18,21). The normalized spacial score (nSPS) is 20.9. The van der Waals surface area contributed by atoms with E-state index in [9.17, 15) is 14.4 Å². The Balaban J connectivity index is 2.38. The summed E-state index contributed by atoms with van der Waals surface area (Å²) in [5.41, 5.74) is -0.447. The summed E-state index contributed by atoms with van der Waals surface area (Å²) in [6, 6.07) is -0.395. The zero-order valence-electron chi connectivity index (χ0n) is 13.3. The molecule has 1 atom stereocenters. The van der Waals surface area contributed by atoms with Crippen LogP contribution in [0.1, 0.15) is 59.8 Å². The molecule has 0 bridgehead atoms. The summed E-state index contributed by atoms with van der Waals surface area (Å²) >= 11 is 0. The predicted molar refractivity (Wildman–Crippen MR) is 78.7 cm³/mol. The monoisotopic (exact) mass is 298 g/mol. The molecule has 0 spiro atoms. The van der Waals surface area contributed by atoms with E-state index in [0.29, 0.717) is 0 Å². The number of amides is 3. The van der Waals surface area contributed by atoms with E-state index in [1.807, 2.05) is 0 Å². The molecule has 1 fully saturated rings. The SMILES string of the molecule is CC(C)(CC(=O)O)CC(=O)NC(=O)NC1CCC(C)(C)C1. The summed E-state index contributed by atoms with van der Waals surface area (Å²) in [4.78, 5) is 34.3. The van der Waals surface area contributed by atoms with Gasteiger partial charge in [-0.2, -0.15) is 0 Å². The maximum Gasteiger partial charge on any atom is 0.321 e. The molecule has 0 aliphatic heterocycles. The Morgan fingerprint density at radius 3 is 2.33 bits per heavy atom. The number of aliphatic carboxylic acids is 1. The average molecular weight is 298 g/mol. The van der Waals surface area contributed by atoms with Crippen molar-refractivity contribution in [3.05, 3.63) is 0 Å². The van der Waals surface area contributed by atoms with Crippen LogP contribution in [0.15, 0.2) is 0 Å². The molecule has 1 unspecified atom stereocenters. The maximum atomic E-state index is 11.8. The van der Waals surface area contributed by atoms with Crippen LogP contribution in [0.3, 0.4) is 0 Å². The number of hydrogen-bond donors (Lipinski definition) is 3. The van der Waals surface area contributed by atoms with E-state index in [1.54, 1.807) is 13.8 Å². The summed E-state index contributed by atoms with van der Waals surface area (Å²) in [6.07, 6.45) is 2.76. The predicted octanol–water partition coefficient (Wildman–Crippen LogP) is 2.28. The van der Waals surface area contributed by atoms with E-state index in [1.165, 1.54) is 0 Å². The van der Waals surface area contributed by atoms with Crippen molar-refractivity contribution in [1.29, 1.82) is 0 Å². The highest BCUT2D eigenvalue weighted by molar-refractivity contribution is 5.94. The third kappa shape index (κ3) is 6.60. The van der Waals surface area contributed by atoms with E-state index >= 15 is 0 Å². The highest BCUT2D eigenvalue weighted by Crippen LogP contribution is 2.36. The molecule has 3 amide bonds. The Labute approximate surface area is 125 Å². The van der Waals surface area contributed by atoms with Gasteiger partial charge in [0, 0.05) is 12.5 Å². The van der Waals surface area contributed by atoms with Gasteiger partial charge in [0.1, 0.15) is 0 Å². The van der Waals surface area contributed by atoms with Crippen molar-refractivity contribution in [2.24, 2.45) is 10.8 Å². The molecule has 0 aromatic heterocycles. The van der Waals surface area contributed by atoms with Crippen LogP contribution in [0.5, 0.6) is 0 Å². The number of urea groups is 1. The largest absolute Gasteiger partial charge is 0.481 e. The molecule has 120 valence electrons. The third-order valence-electron chi connectivity index (χ3n) is 3.83. The van der Waals surface area contributed by atoms with Crippen molar-refractivity contribution in [1.82, 2.24) is 10.6 Å². The van der Waals surface area contributed by atoms with Crippen molar-refractivity contribution in [2.75, 3.05) is 0 Å². The van der Waals surface area contributed by atoms with Gasteiger partial charge < -0.3 is 10.4 Å². The van der Waals surface area contributed by atoms with Crippen LogP contribution >= 0.6 is 0 Å². The number of carbonyl (C=O) groups is 3. The first-order valence-corrected chi connectivity index (χ1v) is 7.31. The number of rotatable bonds is 5. The highest BCUT2D eigenvalue weighted by atomic mass is 16.4. The number of carbonyl (C=O) groups excluding carboxylic acids is 2. The average Bonchev–Trinajstić information content (AvgIpc) is 2.53. The van der Waals surface area contributed by atoms with Crippen LogP contribution in [0.2, 0.25) is 0 Å². The lowest BCUT2D eigenvalue weighted by Crippen LogP contribution is -2.45. The van der Waals surface area contributed by atoms with Crippen LogP contribution in [-0.4, -0.2) is 29.1 Å². The van der Waals surface area contributed by atoms with Crippen LogP contribution in [0.25, 0.3) is 0 Å². The minimum absolute atomic E-state index is 0.00286. The fourth-order valence-corrected chi connectivity index (χ4v) is 2.86. The summed E-state index contributed by atoms with van der Waals surface area (Å²) < 4.78 is 0. The molecular weight excluding hydrogens is 272 g/mol. The Kier molecular flexibility index (Phi) is 5.36. The first kappa shape index (κ1) is 17.5. The Hall–Kier alpha value is -1.59. The van der Waals surface area contributed by atoms with Crippen molar-refractivity contribution < 1.29 is 19.5 Å². The molecule has 0 aromatic carbocycles. The molecule has 0 saturated heterocycles. The van der Waals surface area contributed by atoms with Crippen molar-refractivity contribution in [3.63, 3.8) is 0 Å². The highest BCUT2D eigenvalue weighted by Gasteiger charge is 2.32. The molecule has 1 aliphatic carbocycles. The third-order valence-corrected chi connectivity index (χ3v) is 3.83. The Morgan fingerprint density at radius 2 is 1.86 bits per heavy atom. The molecule has 6 heteroatoms. The lowest BCUT2D eigenvalue weighted by molar-refractivity contribution is -0.139.